The molecule has 2 aromatic heterocycles. The van der Waals surface area contributed by atoms with Crippen LogP contribution in [0.4, 0.5) is 10.8 Å². The molecule has 28 heavy (non-hydrogen) atoms. The number of nitrogens with zero attached hydrogens (tertiary/aromatic N) is 4. The maximum absolute atomic E-state index is 5.76. The van der Waals surface area contributed by atoms with Crippen LogP contribution in [0.1, 0.15) is 11.5 Å². The average Bonchev–Trinajstić information content (AvgIpc) is 3.36. The Hall–Kier alpha value is -2.91. The third-order valence-corrected chi connectivity index (χ3v) is 5.76. The van der Waals surface area contributed by atoms with Gasteiger partial charge >= 0.3 is 0 Å². The van der Waals surface area contributed by atoms with Gasteiger partial charge in [0.1, 0.15) is 5.75 Å². The third kappa shape index (κ3) is 4.32. The number of aryl methyl sites for hydroxylation is 1. The SMILES string of the molecule is COc1ccccc1Nc1nnc(SCc2nnc(-c3cccc(C)c3)o2)s1. The standard InChI is InChI=1S/C19H17N5O2S2/c1-12-6-5-7-13(10-12)17-22-21-16(26-17)11-27-19-24-23-18(28-19)20-14-8-3-4-9-15(14)25-2/h3-10H,11H2,1-2H3,(H,20,23). The molecule has 0 aliphatic rings. The van der Waals surface area contributed by atoms with E-state index in [1.807, 2.05) is 55.5 Å². The molecule has 2 heterocycles. The topological polar surface area (TPSA) is 86.0 Å². The minimum atomic E-state index is 0.523. The minimum Gasteiger partial charge on any atom is -0.495 e. The highest BCUT2D eigenvalue weighted by molar-refractivity contribution is 8.00. The zero-order chi connectivity index (χ0) is 19.3. The number of methoxy groups -OCH3 is 1. The lowest BCUT2D eigenvalue weighted by Gasteiger charge is -2.07. The number of aromatic nitrogens is 4. The smallest absolute Gasteiger partial charge is 0.247 e. The van der Waals surface area contributed by atoms with Crippen LogP contribution < -0.4 is 10.1 Å². The summed E-state index contributed by atoms with van der Waals surface area (Å²) in [6.07, 6.45) is 0. The number of rotatable bonds is 7. The van der Waals surface area contributed by atoms with Crippen molar-refractivity contribution < 1.29 is 9.15 Å². The fraction of sp³-hybridized carbons (Fsp3) is 0.158. The molecule has 142 valence electrons. The lowest BCUT2D eigenvalue weighted by molar-refractivity contribution is 0.417. The van der Waals surface area contributed by atoms with Crippen LogP contribution in [0.5, 0.6) is 5.75 Å². The Kier molecular flexibility index (Phi) is 5.54. The Morgan fingerprint density at radius 2 is 1.96 bits per heavy atom. The number of hydrogen-bond donors (Lipinski definition) is 1. The fourth-order valence-corrected chi connectivity index (χ4v) is 4.11. The second kappa shape index (κ2) is 8.41. The Labute approximate surface area is 170 Å². The van der Waals surface area contributed by atoms with Crippen molar-refractivity contribution in [1.82, 2.24) is 20.4 Å². The molecule has 0 bridgehead atoms. The van der Waals surface area contributed by atoms with Gasteiger partial charge in [0.15, 0.2) is 4.34 Å². The molecule has 7 nitrogen and oxygen atoms in total. The van der Waals surface area contributed by atoms with Gasteiger partial charge in [-0.1, -0.05) is 52.9 Å². The Bertz CT molecular complexity index is 1080. The lowest BCUT2D eigenvalue weighted by atomic mass is 10.1. The monoisotopic (exact) mass is 411 g/mol. The molecule has 0 atom stereocenters. The molecule has 0 aliphatic heterocycles. The zero-order valence-electron chi connectivity index (χ0n) is 15.2. The summed E-state index contributed by atoms with van der Waals surface area (Å²) in [7, 11) is 1.64. The zero-order valence-corrected chi connectivity index (χ0v) is 16.9. The molecule has 0 aliphatic carbocycles. The summed E-state index contributed by atoms with van der Waals surface area (Å²) < 4.78 is 11.9. The number of thioether (sulfide) groups is 1. The second-order valence-electron chi connectivity index (χ2n) is 5.86. The summed E-state index contributed by atoms with van der Waals surface area (Å²) in [6, 6.07) is 15.6. The van der Waals surface area contributed by atoms with Gasteiger partial charge in [0.05, 0.1) is 18.6 Å². The van der Waals surface area contributed by atoms with E-state index in [0.29, 0.717) is 22.7 Å². The van der Waals surface area contributed by atoms with Gasteiger partial charge in [-0.2, -0.15) is 0 Å². The molecule has 0 radical (unpaired) electrons. The number of para-hydroxylation sites is 2. The molecule has 4 aromatic rings. The van der Waals surface area contributed by atoms with Gasteiger partial charge in [-0.15, -0.1) is 20.4 Å². The van der Waals surface area contributed by atoms with Crippen molar-refractivity contribution in [2.24, 2.45) is 0 Å². The second-order valence-corrected chi connectivity index (χ2v) is 8.06. The van der Waals surface area contributed by atoms with Gasteiger partial charge in [0, 0.05) is 5.56 Å². The van der Waals surface area contributed by atoms with Gasteiger partial charge in [-0.25, -0.2) is 0 Å². The van der Waals surface area contributed by atoms with E-state index in [-0.39, 0.29) is 0 Å². The molecule has 0 saturated heterocycles. The first-order valence-corrected chi connectivity index (χ1v) is 10.3. The third-order valence-electron chi connectivity index (χ3n) is 3.81. The molecule has 0 amide bonds. The summed E-state index contributed by atoms with van der Waals surface area (Å²) >= 11 is 2.96. The quantitative estimate of drug-likeness (QED) is 0.428. The molecule has 0 saturated carbocycles. The van der Waals surface area contributed by atoms with Gasteiger partial charge in [-0.05, 0) is 31.2 Å². The molecule has 0 unspecified atom stereocenters. The Morgan fingerprint density at radius 1 is 1.07 bits per heavy atom. The maximum Gasteiger partial charge on any atom is 0.247 e. The molecule has 2 aromatic carbocycles. The molecule has 1 N–H and O–H groups in total. The van der Waals surface area contributed by atoms with Gasteiger partial charge in [0.2, 0.25) is 16.9 Å². The summed E-state index contributed by atoms with van der Waals surface area (Å²) in [4.78, 5) is 0. The fourth-order valence-electron chi connectivity index (χ4n) is 2.51. The van der Waals surface area contributed by atoms with E-state index in [4.69, 9.17) is 9.15 Å². The normalized spacial score (nSPS) is 10.8. The van der Waals surface area contributed by atoms with E-state index in [1.165, 1.54) is 23.1 Å². The van der Waals surface area contributed by atoms with E-state index >= 15 is 0 Å². The van der Waals surface area contributed by atoms with E-state index < -0.39 is 0 Å². The van der Waals surface area contributed by atoms with Crippen LogP contribution in [0.3, 0.4) is 0 Å². The number of nitrogens with one attached hydrogen (secondary N) is 1. The van der Waals surface area contributed by atoms with Gasteiger partial charge in [0.25, 0.3) is 0 Å². The summed E-state index contributed by atoms with van der Waals surface area (Å²) in [6.45, 7) is 2.03. The van der Waals surface area contributed by atoms with E-state index in [1.54, 1.807) is 7.11 Å². The predicted octanol–water partition coefficient (Wildman–Crippen LogP) is 4.94. The van der Waals surface area contributed by atoms with Gasteiger partial charge in [-0.3, -0.25) is 0 Å². The first-order valence-electron chi connectivity index (χ1n) is 8.47. The summed E-state index contributed by atoms with van der Waals surface area (Å²) in [5, 5.41) is 20.5. The summed E-state index contributed by atoms with van der Waals surface area (Å²) in [5.74, 6) is 2.36. The Balaban J connectivity index is 1.39. The van der Waals surface area contributed by atoms with Crippen LogP contribution in [-0.2, 0) is 5.75 Å². The molecule has 0 fully saturated rings. The van der Waals surface area contributed by atoms with E-state index in [0.717, 1.165) is 26.9 Å². The minimum absolute atomic E-state index is 0.523. The summed E-state index contributed by atoms with van der Waals surface area (Å²) in [5.41, 5.74) is 2.91. The van der Waals surface area contributed by atoms with Gasteiger partial charge < -0.3 is 14.5 Å². The maximum atomic E-state index is 5.76. The van der Waals surface area contributed by atoms with Crippen molar-refractivity contribution in [2.45, 2.75) is 17.0 Å². The van der Waals surface area contributed by atoms with Crippen molar-refractivity contribution in [1.29, 1.82) is 0 Å². The van der Waals surface area contributed by atoms with E-state index in [9.17, 15) is 0 Å². The number of benzene rings is 2. The lowest BCUT2D eigenvalue weighted by Crippen LogP contribution is -1.93. The average molecular weight is 412 g/mol. The van der Waals surface area contributed by atoms with Crippen LogP contribution in [0.2, 0.25) is 0 Å². The van der Waals surface area contributed by atoms with Crippen molar-refractivity contribution in [2.75, 3.05) is 12.4 Å². The van der Waals surface area contributed by atoms with Crippen molar-refractivity contribution in [3.8, 4) is 17.2 Å². The Morgan fingerprint density at radius 3 is 2.82 bits per heavy atom. The first kappa shape index (κ1) is 18.5. The number of hydrogen-bond acceptors (Lipinski definition) is 9. The van der Waals surface area contributed by atoms with Crippen LogP contribution in [0.25, 0.3) is 11.5 Å². The van der Waals surface area contributed by atoms with Crippen molar-refractivity contribution in [3.05, 3.63) is 60.0 Å². The molecular formula is C19H17N5O2S2. The van der Waals surface area contributed by atoms with Crippen molar-refractivity contribution in [3.63, 3.8) is 0 Å². The highest BCUT2D eigenvalue weighted by atomic mass is 32.2. The highest BCUT2D eigenvalue weighted by Crippen LogP contribution is 2.32. The van der Waals surface area contributed by atoms with Crippen LogP contribution in [0.15, 0.2) is 57.3 Å². The van der Waals surface area contributed by atoms with E-state index in [2.05, 4.69) is 25.7 Å². The van der Waals surface area contributed by atoms with Crippen molar-refractivity contribution >= 4 is 33.9 Å². The van der Waals surface area contributed by atoms with Crippen LogP contribution >= 0.6 is 23.1 Å². The van der Waals surface area contributed by atoms with Crippen LogP contribution in [0, 0.1) is 6.92 Å². The molecule has 4 rings (SSSR count). The highest BCUT2D eigenvalue weighted by Gasteiger charge is 2.12. The first-order chi connectivity index (χ1) is 13.7. The number of ether oxygens (including phenoxy) is 1. The molecule has 0 spiro atoms. The van der Waals surface area contributed by atoms with Crippen LogP contribution in [-0.4, -0.2) is 27.5 Å². The number of anilines is 2. The largest absolute Gasteiger partial charge is 0.495 e. The molecule has 9 heteroatoms. The predicted molar refractivity (Wildman–Crippen MR) is 110 cm³/mol. The molecular weight excluding hydrogens is 394 g/mol.